The van der Waals surface area contributed by atoms with Gasteiger partial charge >= 0.3 is 0 Å². The monoisotopic (exact) mass is 201 g/mol. The number of aliphatic hydroxyl groups is 1. The van der Waals surface area contributed by atoms with Crippen LogP contribution in [0.1, 0.15) is 39.5 Å². The minimum absolute atomic E-state index is 0.191. The minimum Gasteiger partial charge on any atom is -0.386 e. The van der Waals surface area contributed by atoms with Crippen molar-refractivity contribution in [3.8, 4) is 0 Å². The lowest BCUT2D eigenvalue weighted by molar-refractivity contribution is -0.0556. The van der Waals surface area contributed by atoms with E-state index in [0.29, 0.717) is 13.2 Å². The average molecular weight is 201 g/mol. The van der Waals surface area contributed by atoms with Crippen molar-refractivity contribution < 1.29 is 9.84 Å². The summed E-state index contributed by atoms with van der Waals surface area (Å²) in [5.74, 6) is 0. The molecule has 2 N–H and O–H groups in total. The molecular weight excluding hydrogens is 178 g/mol. The first-order valence-electron chi connectivity index (χ1n) is 5.70. The van der Waals surface area contributed by atoms with Crippen molar-refractivity contribution in [2.24, 2.45) is 0 Å². The second kappa shape index (κ2) is 5.69. The predicted molar refractivity (Wildman–Crippen MR) is 57.4 cm³/mol. The summed E-state index contributed by atoms with van der Waals surface area (Å²) in [5.41, 5.74) is -0.722. The van der Waals surface area contributed by atoms with Crippen molar-refractivity contribution in [2.75, 3.05) is 19.8 Å². The zero-order chi connectivity index (χ0) is 10.4. The van der Waals surface area contributed by atoms with Gasteiger partial charge in [0.1, 0.15) is 5.60 Å². The quantitative estimate of drug-likeness (QED) is 0.720. The molecule has 2 atom stereocenters. The van der Waals surface area contributed by atoms with Crippen molar-refractivity contribution in [3.05, 3.63) is 0 Å². The smallest absolute Gasteiger partial charge is 0.100 e. The molecule has 3 heteroatoms. The summed E-state index contributed by atoms with van der Waals surface area (Å²) in [5, 5.41) is 13.6. The highest BCUT2D eigenvalue weighted by atomic mass is 16.5. The van der Waals surface area contributed by atoms with Gasteiger partial charge in [-0.3, -0.25) is 0 Å². The first-order chi connectivity index (χ1) is 6.67. The maximum absolute atomic E-state index is 10.2. The summed E-state index contributed by atoms with van der Waals surface area (Å²) in [6.45, 7) is 5.94. The van der Waals surface area contributed by atoms with Crippen LogP contribution in [-0.2, 0) is 4.74 Å². The number of ether oxygens (including phenoxy) is 1. The van der Waals surface area contributed by atoms with Gasteiger partial charge in [-0.1, -0.05) is 12.8 Å². The molecule has 0 saturated carbocycles. The van der Waals surface area contributed by atoms with Crippen LogP contribution in [0, 0.1) is 0 Å². The van der Waals surface area contributed by atoms with Crippen LogP contribution in [-0.4, -0.2) is 36.5 Å². The Labute approximate surface area is 86.8 Å². The zero-order valence-electron chi connectivity index (χ0n) is 9.38. The van der Waals surface area contributed by atoms with Crippen LogP contribution < -0.4 is 5.32 Å². The topological polar surface area (TPSA) is 41.5 Å². The van der Waals surface area contributed by atoms with E-state index in [4.69, 9.17) is 4.74 Å². The molecule has 1 aliphatic heterocycles. The SMILES string of the molecule is CCOCC(C)(O)C1CCCCCN1. The normalized spacial score (nSPS) is 28.1. The van der Waals surface area contributed by atoms with Crippen LogP contribution >= 0.6 is 0 Å². The van der Waals surface area contributed by atoms with E-state index < -0.39 is 5.60 Å². The van der Waals surface area contributed by atoms with Gasteiger partial charge in [-0.05, 0) is 33.2 Å². The molecule has 1 aliphatic rings. The second-order valence-corrected chi connectivity index (χ2v) is 4.35. The van der Waals surface area contributed by atoms with E-state index in [2.05, 4.69) is 5.32 Å². The molecule has 1 heterocycles. The van der Waals surface area contributed by atoms with Gasteiger partial charge in [0, 0.05) is 12.6 Å². The Morgan fingerprint density at radius 3 is 2.93 bits per heavy atom. The van der Waals surface area contributed by atoms with Crippen molar-refractivity contribution in [2.45, 2.75) is 51.2 Å². The van der Waals surface area contributed by atoms with Crippen molar-refractivity contribution in [1.29, 1.82) is 0 Å². The molecule has 1 rings (SSSR count). The molecule has 3 nitrogen and oxygen atoms in total. The Morgan fingerprint density at radius 1 is 1.43 bits per heavy atom. The minimum atomic E-state index is -0.722. The molecule has 84 valence electrons. The molecule has 1 fully saturated rings. The number of hydrogen-bond acceptors (Lipinski definition) is 3. The Morgan fingerprint density at radius 2 is 2.21 bits per heavy atom. The molecule has 0 aromatic carbocycles. The van der Waals surface area contributed by atoms with E-state index in [9.17, 15) is 5.11 Å². The highest BCUT2D eigenvalue weighted by Crippen LogP contribution is 2.19. The average Bonchev–Trinajstić information content (AvgIpc) is 2.43. The van der Waals surface area contributed by atoms with Crippen LogP contribution in [0.3, 0.4) is 0 Å². The molecule has 0 aromatic rings. The molecule has 0 aromatic heterocycles. The van der Waals surface area contributed by atoms with E-state index in [0.717, 1.165) is 13.0 Å². The van der Waals surface area contributed by atoms with E-state index in [-0.39, 0.29) is 6.04 Å². The van der Waals surface area contributed by atoms with Gasteiger partial charge in [-0.15, -0.1) is 0 Å². The largest absolute Gasteiger partial charge is 0.386 e. The molecule has 14 heavy (non-hydrogen) atoms. The number of hydrogen-bond donors (Lipinski definition) is 2. The first-order valence-corrected chi connectivity index (χ1v) is 5.70. The van der Waals surface area contributed by atoms with Crippen LogP contribution in [0.4, 0.5) is 0 Å². The Balaban J connectivity index is 2.41. The molecular formula is C11H23NO2. The maximum atomic E-state index is 10.2. The van der Waals surface area contributed by atoms with Gasteiger partial charge in [0.2, 0.25) is 0 Å². The maximum Gasteiger partial charge on any atom is 0.100 e. The fourth-order valence-corrected chi connectivity index (χ4v) is 1.97. The molecule has 0 aliphatic carbocycles. The van der Waals surface area contributed by atoms with Crippen molar-refractivity contribution in [1.82, 2.24) is 5.32 Å². The van der Waals surface area contributed by atoms with Crippen LogP contribution in [0.5, 0.6) is 0 Å². The second-order valence-electron chi connectivity index (χ2n) is 4.35. The molecule has 0 bridgehead atoms. The highest BCUT2D eigenvalue weighted by molar-refractivity contribution is 4.88. The summed E-state index contributed by atoms with van der Waals surface area (Å²) in [7, 11) is 0. The predicted octanol–water partition coefficient (Wildman–Crippen LogP) is 1.31. The third kappa shape index (κ3) is 3.56. The molecule has 0 radical (unpaired) electrons. The summed E-state index contributed by atoms with van der Waals surface area (Å²) >= 11 is 0. The third-order valence-corrected chi connectivity index (χ3v) is 2.91. The van der Waals surface area contributed by atoms with Crippen molar-refractivity contribution >= 4 is 0 Å². The first kappa shape index (κ1) is 12.0. The fraction of sp³-hybridized carbons (Fsp3) is 1.00. The molecule has 0 amide bonds. The zero-order valence-corrected chi connectivity index (χ0v) is 9.38. The summed E-state index contributed by atoms with van der Waals surface area (Å²) in [6.07, 6.45) is 4.76. The van der Waals surface area contributed by atoms with Gasteiger partial charge in [0.25, 0.3) is 0 Å². The third-order valence-electron chi connectivity index (χ3n) is 2.91. The lowest BCUT2D eigenvalue weighted by Crippen LogP contribution is -2.51. The lowest BCUT2D eigenvalue weighted by atomic mass is 9.93. The molecule has 1 saturated heterocycles. The summed E-state index contributed by atoms with van der Waals surface area (Å²) < 4.78 is 5.30. The van der Waals surface area contributed by atoms with E-state index >= 15 is 0 Å². The van der Waals surface area contributed by atoms with Crippen molar-refractivity contribution in [3.63, 3.8) is 0 Å². The van der Waals surface area contributed by atoms with Crippen LogP contribution in [0.2, 0.25) is 0 Å². The van der Waals surface area contributed by atoms with Crippen LogP contribution in [0.25, 0.3) is 0 Å². The Hall–Kier alpha value is -0.120. The lowest BCUT2D eigenvalue weighted by Gasteiger charge is -2.32. The summed E-state index contributed by atoms with van der Waals surface area (Å²) in [4.78, 5) is 0. The van der Waals surface area contributed by atoms with Gasteiger partial charge in [0.05, 0.1) is 6.61 Å². The van der Waals surface area contributed by atoms with Gasteiger partial charge in [-0.2, -0.15) is 0 Å². The van der Waals surface area contributed by atoms with Gasteiger partial charge in [-0.25, -0.2) is 0 Å². The fourth-order valence-electron chi connectivity index (χ4n) is 1.97. The van der Waals surface area contributed by atoms with E-state index in [1.165, 1.54) is 19.3 Å². The van der Waals surface area contributed by atoms with Gasteiger partial charge in [0.15, 0.2) is 0 Å². The Bertz CT molecular complexity index is 151. The van der Waals surface area contributed by atoms with Gasteiger partial charge < -0.3 is 15.2 Å². The van der Waals surface area contributed by atoms with Crippen LogP contribution in [0.15, 0.2) is 0 Å². The number of nitrogens with one attached hydrogen (secondary N) is 1. The molecule has 2 unspecified atom stereocenters. The number of rotatable bonds is 4. The summed E-state index contributed by atoms with van der Waals surface area (Å²) in [6, 6.07) is 0.191. The standard InChI is InChI=1S/C11H23NO2/c1-3-14-9-11(2,13)10-7-5-4-6-8-12-10/h10,12-13H,3-9H2,1-2H3. The molecule has 0 spiro atoms. The highest BCUT2D eigenvalue weighted by Gasteiger charge is 2.31. The van der Waals surface area contributed by atoms with E-state index in [1.54, 1.807) is 0 Å². The Kier molecular flexibility index (Phi) is 4.85. The van der Waals surface area contributed by atoms with E-state index in [1.807, 2.05) is 13.8 Å².